The molecule has 2 aromatic rings. The molecule has 2 saturated heterocycles. The number of nitrogens with one attached hydrogen (secondary N) is 2. The van der Waals surface area contributed by atoms with Crippen molar-refractivity contribution in [1.82, 2.24) is 15.1 Å². The van der Waals surface area contributed by atoms with Gasteiger partial charge < -0.3 is 29.9 Å². The van der Waals surface area contributed by atoms with Gasteiger partial charge in [-0.1, -0.05) is 12.1 Å². The molecular formula is C26H34N4O2. The number of likely N-dealkylation sites (tertiary alicyclic amines) is 2. The first-order chi connectivity index (χ1) is 15.6. The molecule has 0 aliphatic carbocycles. The number of fused-ring (bicyclic) bond motifs is 2. The lowest BCUT2D eigenvalue weighted by Gasteiger charge is -2.33. The van der Waals surface area contributed by atoms with Crippen molar-refractivity contribution in [3.8, 4) is 11.5 Å². The Morgan fingerprint density at radius 3 is 2.41 bits per heavy atom. The van der Waals surface area contributed by atoms with Gasteiger partial charge in [0.1, 0.15) is 18.1 Å². The summed E-state index contributed by atoms with van der Waals surface area (Å²) in [7, 11) is 5.91. The molecule has 0 bridgehead atoms. The third-order valence-electron chi connectivity index (χ3n) is 7.01. The van der Waals surface area contributed by atoms with E-state index in [-0.39, 0.29) is 6.04 Å². The van der Waals surface area contributed by atoms with Crippen LogP contribution in [-0.2, 0) is 0 Å². The van der Waals surface area contributed by atoms with Gasteiger partial charge in [0.05, 0.1) is 13.2 Å². The summed E-state index contributed by atoms with van der Waals surface area (Å²) in [5.41, 5.74) is 4.98. The summed E-state index contributed by atoms with van der Waals surface area (Å²) in [6, 6.07) is 15.0. The van der Waals surface area contributed by atoms with Crippen molar-refractivity contribution in [2.24, 2.45) is 11.8 Å². The summed E-state index contributed by atoms with van der Waals surface area (Å²) in [4.78, 5) is 5.09. The molecule has 2 N–H and O–H groups in total. The fourth-order valence-electron chi connectivity index (χ4n) is 5.37. The van der Waals surface area contributed by atoms with Crippen LogP contribution in [0.3, 0.4) is 0 Å². The molecule has 2 aromatic carbocycles. The highest BCUT2D eigenvalue weighted by atomic mass is 16.5. The summed E-state index contributed by atoms with van der Waals surface area (Å²) in [5.74, 6) is 3.32. The van der Waals surface area contributed by atoms with Gasteiger partial charge >= 0.3 is 0 Å². The number of benzene rings is 2. The van der Waals surface area contributed by atoms with Crippen LogP contribution >= 0.6 is 0 Å². The first-order valence-corrected chi connectivity index (χ1v) is 11.6. The van der Waals surface area contributed by atoms with E-state index in [1.807, 2.05) is 7.05 Å². The van der Waals surface area contributed by atoms with E-state index in [1.165, 1.54) is 29.9 Å². The molecule has 170 valence electrons. The molecule has 0 aromatic heterocycles. The maximum absolute atomic E-state index is 5.80. The normalized spacial score (nSPS) is 24.5. The third-order valence-corrected chi connectivity index (χ3v) is 7.01. The zero-order chi connectivity index (χ0) is 22.1. The molecule has 5 rings (SSSR count). The number of likely N-dealkylation sites (N-methyl/N-ethyl adjacent to an activating group) is 1. The third kappa shape index (κ3) is 4.17. The lowest BCUT2D eigenvalue weighted by atomic mass is 9.96. The molecule has 6 nitrogen and oxygen atoms in total. The van der Waals surface area contributed by atoms with Crippen LogP contribution in [-0.4, -0.2) is 70.3 Å². The van der Waals surface area contributed by atoms with E-state index in [1.54, 1.807) is 7.11 Å². The molecule has 3 aliphatic heterocycles. The number of hydrogen-bond acceptors (Lipinski definition) is 6. The summed E-state index contributed by atoms with van der Waals surface area (Å²) >= 11 is 0. The SMILES string of the molecule is CNCCOc1ccc(C2C=C(N3C[C@H]4CN(C)C[C@H]4C3)c3ccc(OC)cc3N2)cc1. The molecule has 0 radical (unpaired) electrons. The predicted octanol–water partition coefficient (Wildman–Crippen LogP) is 3.29. The van der Waals surface area contributed by atoms with Crippen molar-refractivity contribution >= 4 is 11.4 Å². The highest BCUT2D eigenvalue weighted by molar-refractivity contribution is 5.80. The smallest absolute Gasteiger partial charge is 0.120 e. The summed E-state index contributed by atoms with van der Waals surface area (Å²) in [5, 5.41) is 6.84. The maximum atomic E-state index is 5.80. The topological polar surface area (TPSA) is 49.0 Å². The maximum Gasteiger partial charge on any atom is 0.120 e. The first kappa shape index (κ1) is 21.2. The minimum atomic E-state index is 0.110. The van der Waals surface area contributed by atoms with Crippen LogP contribution < -0.4 is 20.1 Å². The van der Waals surface area contributed by atoms with Crippen molar-refractivity contribution in [1.29, 1.82) is 0 Å². The Morgan fingerprint density at radius 2 is 1.72 bits per heavy atom. The average Bonchev–Trinajstić information content (AvgIpc) is 3.36. The van der Waals surface area contributed by atoms with Crippen molar-refractivity contribution in [3.05, 3.63) is 59.7 Å². The first-order valence-electron chi connectivity index (χ1n) is 11.6. The molecule has 0 saturated carbocycles. The minimum absolute atomic E-state index is 0.110. The summed E-state index contributed by atoms with van der Waals surface area (Å²) in [6.07, 6.45) is 2.40. The lowest BCUT2D eigenvalue weighted by Crippen LogP contribution is -2.28. The largest absolute Gasteiger partial charge is 0.497 e. The Bertz CT molecular complexity index is 960. The molecule has 3 heterocycles. The molecule has 3 aliphatic rings. The Balaban J connectivity index is 1.41. The van der Waals surface area contributed by atoms with E-state index < -0.39 is 0 Å². The summed E-state index contributed by atoms with van der Waals surface area (Å²) in [6.45, 7) is 6.20. The number of methoxy groups -OCH3 is 1. The second-order valence-corrected chi connectivity index (χ2v) is 9.25. The second-order valence-electron chi connectivity index (χ2n) is 9.25. The van der Waals surface area contributed by atoms with Gasteiger partial charge in [-0.05, 0) is 61.8 Å². The number of rotatable bonds is 7. The van der Waals surface area contributed by atoms with Gasteiger partial charge in [0.25, 0.3) is 0 Å². The second kappa shape index (κ2) is 9.04. The van der Waals surface area contributed by atoms with Crippen LogP contribution in [0, 0.1) is 11.8 Å². The van der Waals surface area contributed by atoms with E-state index in [4.69, 9.17) is 9.47 Å². The Kier molecular flexibility index (Phi) is 5.98. The van der Waals surface area contributed by atoms with Gasteiger partial charge in [-0.25, -0.2) is 0 Å². The highest BCUT2D eigenvalue weighted by Crippen LogP contribution is 2.42. The molecular weight excluding hydrogens is 400 g/mol. The van der Waals surface area contributed by atoms with E-state index in [0.717, 1.165) is 48.7 Å². The lowest BCUT2D eigenvalue weighted by molar-refractivity contribution is 0.318. The van der Waals surface area contributed by atoms with Gasteiger partial charge in [0.15, 0.2) is 0 Å². The van der Waals surface area contributed by atoms with Crippen LogP contribution in [0.1, 0.15) is 17.2 Å². The van der Waals surface area contributed by atoms with Gasteiger partial charge in [0.2, 0.25) is 0 Å². The predicted molar refractivity (Wildman–Crippen MR) is 129 cm³/mol. The zero-order valence-corrected chi connectivity index (χ0v) is 19.3. The van der Waals surface area contributed by atoms with Crippen molar-refractivity contribution < 1.29 is 9.47 Å². The fourth-order valence-corrected chi connectivity index (χ4v) is 5.37. The number of ether oxygens (including phenoxy) is 2. The van der Waals surface area contributed by atoms with E-state index in [0.29, 0.717) is 6.61 Å². The number of hydrogen-bond donors (Lipinski definition) is 2. The average molecular weight is 435 g/mol. The van der Waals surface area contributed by atoms with Crippen molar-refractivity contribution in [2.45, 2.75) is 6.04 Å². The van der Waals surface area contributed by atoms with Gasteiger partial charge in [0, 0.05) is 55.7 Å². The minimum Gasteiger partial charge on any atom is -0.497 e. The quantitative estimate of drug-likeness (QED) is 0.653. The van der Waals surface area contributed by atoms with Crippen LogP contribution in [0.2, 0.25) is 0 Å². The number of nitrogens with zero attached hydrogens (tertiary/aromatic N) is 2. The van der Waals surface area contributed by atoms with Crippen LogP contribution in [0.25, 0.3) is 5.70 Å². The monoisotopic (exact) mass is 434 g/mol. The van der Waals surface area contributed by atoms with Gasteiger partial charge in [-0.15, -0.1) is 0 Å². The Labute approximate surface area is 191 Å². The van der Waals surface area contributed by atoms with Crippen LogP contribution in [0.4, 0.5) is 5.69 Å². The zero-order valence-electron chi connectivity index (χ0n) is 19.3. The summed E-state index contributed by atoms with van der Waals surface area (Å²) < 4.78 is 11.3. The van der Waals surface area contributed by atoms with Crippen LogP contribution in [0.15, 0.2) is 48.5 Å². The molecule has 3 atom stereocenters. The van der Waals surface area contributed by atoms with E-state index >= 15 is 0 Å². The molecule has 1 unspecified atom stereocenters. The Morgan fingerprint density at radius 1 is 1.00 bits per heavy atom. The van der Waals surface area contributed by atoms with Gasteiger partial charge in [-0.2, -0.15) is 0 Å². The highest BCUT2D eigenvalue weighted by Gasteiger charge is 2.40. The van der Waals surface area contributed by atoms with E-state index in [2.05, 4.69) is 76.0 Å². The standard InChI is InChI=1S/C26H34N4O2/c1-27-10-11-32-21-6-4-18(5-7-21)24-13-26(23-9-8-22(31-3)12-25(23)28-24)30-16-19-14-29(2)15-20(19)17-30/h4-9,12-13,19-20,24,27-28H,10-11,14-17H2,1-3H3/t19-,20+,24?. The molecule has 32 heavy (non-hydrogen) atoms. The van der Waals surface area contributed by atoms with E-state index in [9.17, 15) is 0 Å². The number of anilines is 1. The van der Waals surface area contributed by atoms with Crippen molar-refractivity contribution in [3.63, 3.8) is 0 Å². The van der Waals surface area contributed by atoms with Gasteiger partial charge in [-0.3, -0.25) is 0 Å². The van der Waals surface area contributed by atoms with Crippen molar-refractivity contribution in [2.75, 3.05) is 65.9 Å². The molecule has 6 heteroatoms. The Hall–Kier alpha value is -2.70. The molecule has 2 fully saturated rings. The van der Waals surface area contributed by atoms with Crippen LogP contribution in [0.5, 0.6) is 11.5 Å². The molecule has 0 amide bonds. The fraction of sp³-hybridized carbons (Fsp3) is 0.462. The molecule has 0 spiro atoms.